The van der Waals surface area contributed by atoms with E-state index in [-0.39, 0.29) is 16.6 Å². The number of aromatic amines is 1. The fourth-order valence-electron chi connectivity index (χ4n) is 3.26. The molecule has 2 N–H and O–H groups in total. The number of rotatable bonds is 6. The van der Waals surface area contributed by atoms with Crippen LogP contribution in [0.2, 0.25) is 0 Å². The Morgan fingerprint density at radius 2 is 1.90 bits per heavy atom. The average molecular weight is 432 g/mol. The van der Waals surface area contributed by atoms with Gasteiger partial charge in [0.05, 0.1) is 29.1 Å². The largest absolute Gasteiger partial charge is 0.379 e. The van der Waals surface area contributed by atoms with E-state index in [0.717, 1.165) is 0 Å². The first-order valence-electron chi connectivity index (χ1n) is 9.54. The van der Waals surface area contributed by atoms with E-state index in [1.165, 1.54) is 40.7 Å². The monoisotopic (exact) mass is 432 g/mol. The van der Waals surface area contributed by atoms with Gasteiger partial charge in [0.2, 0.25) is 10.0 Å². The number of amides is 1. The lowest BCUT2D eigenvalue weighted by atomic mass is 10.2. The number of carbonyl (C=O) groups is 1. The van der Waals surface area contributed by atoms with E-state index < -0.39 is 10.0 Å². The van der Waals surface area contributed by atoms with Crippen LogP contribution in [0, 0.1) is 5.82 Å². The standard InChI is InChI=1S/C20H21FN4O4S/c21-15-3-6-17-18(13-15)24-19(23-17)7-8-22-20(26)14-1-4-16(5-2-14)30(27,28)25-9-11-29-12-10-25/h1-6,13H,7-12H2,(H,22,26)(H,23,24). The van der Waals surface area contributed by atoms with Crippen LogP contribution < -0.4 is 5.32 Å². The van der Waals surface area contributed by atoms with Gasteiger partial charge in [-0.15, -0.1) is 0 Å². The first kappa shape index (κ1) is 20.5. The molecule has 0 bridgehead atoms. The number of hydrogen-bond acceptors (Lipinski definition) is 5. The van der Waals surface area contributed by atoms with Crippen molar-refractivity contribution in [2.24, 2.45) is 0 Å². The highest BCUT2D eigenvalue weighted by molar-refractivity contribution is 7.89. The maximum Gasteiger partial charge on any atom is 0.251 e. The van der Waals surface area contributed by atoms with Crippen molar-refractivity contribution in [3.05, 3.63) is 59.7 Å². The lowest BCUT2D eigenvalue weighted by Crippen LogP contribution is -2.40. The highest BCUT2D eigenvalue weighted by Crippen LogP contribution is 2.18. The summed E-state index contributed by atoms with van der Waals surface area (Å²) < 4.78 is 45.1. The number of hydrogen-bond donors (Lipinski definition) is 2. The summed E-state index contributed by atoms with van der Waals surface area (Å²) in [5.74, 6) is -0.0135. The summed E-state index contributed by atoms with van der Waals surface area (Å²) in [6.07, 6.45) is 0.450. The van der Waals surface area contributed by atoms with Gasteiger partial charge in [-0.3, -0.25) is 4.79 Å². The summed E-state index contributed by atoms with van der Waals surface area (Å²) in [7, 11) is -3.59. The number of nitrogens with zero attached hydrogens (tertiary/aromatic N) is 2. The second kappa shape index (κ2) is 8.50. The van der Waals surface area contributed by atoms with Crippen molar-refractivity contribution in [1.29, 1.82) is 0 Å². The average Bonchev–Trinajstić information content (AvgIpc) is 3.16. The molecule has 8 nitrogen and oxygen atoms in total. The van der Waals surface area contributed by atoms with Gasteiger partial charge in [-0.05, 0) is 42.5 Å². The van der Waals surface area contributed by atoms with Crippen LogP contribution >= 0.6 is 0 Å². The zero-order chi connectivity index (χ0) is 21.1. The molecule has 3 aromatic rings. The molecule has 2 aromatic carbocycles. The van der Waals surface area contributed by atoms with Gasteiger partial charge in [0.25, 0.3) is 5.91 Å². The minimum absolute atomic E-state index is 0.149. The lowest BCUT2D eigenvalue weighted by molar-refractivity contribution is 0.0730. The lowest BCUT2D eigenvalue weighted by Gasteiger charge is -2.26. The number of H-pyrrole nitrogens is 1. The van der Waals surface area contributed by atoms with Gasteiger partial charge < -0.3 is 15.0 Å². The van der Waals surface area contributed by atoms with E-state index in [9.17, 15) is 17.6 Å². The van der Waals surface area contributed by atoms with E-state index in [1.807, 2.05) is 0 Å². The summed E-state index contributed by atoms with van der Waals surface area (Å²) in [4.78, 5) is 19.9. The van der Waals surface area contributed by atoms with Crippen molar-refractivity contribution >= 4 is 27.0 Å². The van der Waals surface area contributed by atoms with E-state index in [2.05, 4.69) is 15.3 Å². The van der Waals surface area contributed by atoms with Crippen LogP contribution in [0.1, 0.15) is 16.2 Å². The van der Waals surface area contributed by atoms with Crippen LogP contribution in [0.5, 0.6) is 0 Å². The Balaban J connectivity index is 1.35. The topological polar surface area (TPSA) is 104 Å². The number of benzene rings is 2. The van der Waals surface area contributed by atoms with Gasteiger partial charge in [-0.1, -0.05) is 0 Å². The Morgan fingerprint density at radius 3 is 2.63 bits per heavy atom. The molecule has 0 spiro atoms. The number of halogens is 1. The molecular formula is C20H21FN4O4S. The number of carbonyl (C=O) groups excluding carboxylic acids is 1. The fraction of sp³-hybridized carbons (Fsp3) is 0.300. The van der Waals surface area contributed by atoms with Crippen LogP contribution in [0.3, 0.4) is 0 Å². The number of aromatic nitrogens is 2. The Hall–Kier alpha value is -2.82. The van der Waals surface area contributed by atoms with Crippen molar-refractivity contribution < 1.29 is 22.3 Å². The van der Waals surface area contributed by atoms with Crippen molar-refractivity contribution in [3.8, 4) is 0 Å². The number of imidazole rings is 1. The normalized spacial score (nSPS) is 15.4. The molecule has 1 aromatic heterocycles. The maximum atomic E-state index is 13.2. The second-order valence-corrected chi connectivity index (χ2v) is 8.83. The fourth-order valence-corrected chi connectivity index (χ4v) is 4.67. The molecule has 1 aliphatic heterocycles. The molecule has 0 radical (unpaired) electrons. The molecule has 0 atom stereocenters. The molecule has 30 heavy (non-hydrogen) atoms. The van der Waals surface area contributed by atoms with Crippen LogP contribution in [0.4, 0.5) is 4.39 Å². The zero-order valence-corrected chi connectivity index (χ0v) is 16.9. The molecule has 4 rings (SSSR count). The summed E-state index contributed by atoms with van der Waals surface area (Å²) in [6, 6.07) is 10.2. The number of nitrogens with one attached hydrogen (secondary N) is 2. The molecular weight excluding hydrogens is 411 g/mol. The first-order valence-corrected chi connectivity index (χ1v) is 11.0. The van der Waals surface area contributed by atoms with Crippen LogP contribution in [0.15, 0.2) is 47.4 Å². The minimum Gasteiger partial charge on any atom is -0.379 e. The molecule has 0 unspecified atom stereocenters. The SMILES string of the molecule is O=C(NCCc1nc2ccc(F)cc2[nH]1)c1ccc(S(=O)(=O)N2CCOCC2)cc1. The number of ether oxygens (including phenoxy) is 1. The summed E-state index contributed by atoms with van der Waals surface area (Å²) in [5.41, 5.74) is 1.63. The van der Waals surface area contributed by atoms with Gasteiger partial charge in [0.15, 0.2) is 0 Å². The summed E-state index contributed by atoms with van der Waals surface area (Å²) in [6.45, 7) is 1.72. The molecule has 0 aliphatic carbocycles. The second-order valence-electron chi connectivity index (χ2n) is 6.89. The first-order chi connectivity index (χ1) is 14.4. The molecule has 158 valence electrons. The highest BCUT2D eigenvalue weighted by Gasteiger charge is 2.26. The van der Waals surface area contributed by atoms with Crippen LogP contribution in [-0.2, 0) is 21.2 Å². The zero-order valence-electron chi connectivity index (χ0n) is 16.1. The number of fused-ring (bicyclic) bond motifs is 1. The van der Waals surface area contributed by atoms with Crippen molar-refractivity contribution in [2.45, 2.75) is 11.3 Å². The van der Waals surface area contributed by atoms with Gasteiger partial charge in [0.1, 0.15) is 11.6 Å². The van der Waals surface area contributed by atoms with Crippen molar-refractivity contribution in [1.82, 2.24) is 19.6 Å². The predicted octanol–water partition coefficient (Wildman–Crippen LogP) is 1.70. The third-order valence-electron chi connectivity index (χ3n) is 4.86. The Kier molecular flexibility index (Phi) is 5.80. The minimum atomic E-state index is -3.59. The van der Waals surface area contributed by atoms with Gasteiger partial charge in [-0.2, -0.15) is 4.31 Å². The molecule has 2 heterocycles. The van der Waals surface area contributed by atoms with Crippen molar-refractivity contribution in [3.63, 3.8) is 0 Å². The van der Waals surface area contributed by atoms with Crippen LogP contribution in [-0.4, -0.2) is 61.4 Å². The number of morpholine rings is 1. The third kappa shape index (κ3) is 4.35. The predicted molar refractivity (Wildman–Crippen MR) is 108 cm³/mol. The molecule has 1 fully saturated rings. The molecule has 1 saturated heterocycles. The van der Waals surface area contributed by atoms with Gasteiger partial charge in [0, 0.05) is 31.6 Å². The molecule has 1 amide bonds. The van der Waals surface area contributed by atoms with Gasteiger partial charge >= 0.3 is 0 Å². The molecule has 1 aliphatic rings. The van der Waals surface area contributed by atoms with Crippen LogP contribution in [0.25, 0.3) is 11.0 Å². The van der Waals surface area contributed by atoms with E-state index in [1.54, 1.807) is 6.07 Å². The van der Waals surface area contributed by atoms with Crippen molar-refractivity contribution in [2.75, 3.05) is 32.8 Å². The quantitative estimate of drug-likeness (QED) is 0.617. The highest BCUT2D eigenvalue weighted by atomic mass is 32.2. The van der Waals surface area contributed by atoms with E-state index in [4.69, 9.17) is 4.74 Å². The van der Waals surface area contributed by atoms with E-state index in [0.29, 0.717) is 61.7 Å². The molecule has 10 heteroatoms. The molecule has 0 saturated carbocycles. The summed E-state index contributed by atoms with van der Waals surface area (Å²) >= 11 is 0. The Bertz CT molecular complexity index is 1160. The van der Waals surface area contributed by atoms with Gasteiger partial charge in [-0.25, -0.2) is 17.8 Å². The maximum absolute atomic E-state index is 13.2. The Labute approximate surface area is 173 Å². The summed E-state index contributed by atoms with van der Waals surface area (Å²) in [5, 5.41) is 2.78. The third-order valence-corrected chi connectivity index (χ3v) is 6.78. The smallest absolute Gasteiger partial charge is 0.251 e. The van der Waals surface area contributed by atoms with E-state index >= 15 is 0 Å². The number of sulfonamides is 1. The Morgan fingerprint density at radius 1 is 1.17 bits per heavy atom.